The third kappa shape index (κ3) is 5.04. The number of hydrogen-bond acceptors (Lipinski definition) is 4. The maximum atomic E-state index is 11.0. The SMILES string of the molecule is COC(=O)CCCN(C)C1CCC(CO)CC1. The molecule has 0 radical (unpaired) electrons. The zero-order valence-electron chi connectivity index (χ0n) is 11.0. The maximum absolute atomic E-state index is 11.0. The molecular formula is C13H25NO3. The van der Waals surface area contributed by atoms with Gasteiger partial charge in [0.25, 0.3) is 0 Å². The Hall–Kier alpha value is -0.610. The van der Waals surface area contributed by atoms with Crippen LogP contribution in [0.4, 0.5) is 0 Å². The topological polar surface area (TPSA) is 49.8 Å². The number of aliphatic hydroxyl groups is 1. The van der Waals surface area contributed by atoms with Crippen LogP contribution >= 0.6 is 0 Å². The van der Waals surface area contributed by atoms with E-state index in [4.69, 9.17) is 5.11 Å². The number of hydrogen-bond donors (Lipinski definition) is 1. The lowest BCUT2D eigenvalue weighted by Crippen LogP contribution is -2.36. The van der Waals surface area contributed by atoms with Crippen LogP contribution in [0.15, 0.2) is 0 Å². The molecule has 1 fully saturated rings. The molecule has 17 heavy (non-hydrogen) atoms. The first kappa shape index (κ1) is 14.5. The van der Waals surface area contributed by atoms with E-state index in [1.165, 1.54) is 20.0 Å². The minimum absolute atomic E-state index is 0.123. The Morgan fingerprint density at radius 1 is 1.35 bits per heavy atom. The van der Waals surface area contributed by atoms with E-state index in [0.29, 0.717) is 25.0 Å². The summed E-state index contributed by atoms with van der Waals surface area (Å²) in [6, 6.07) is 0.621. The zero-order chi connectivity index (χ0) is 12.7. The molecule has 4 nitrogen and oxygen atoms in total. The molecule has 0 saturated heterocycles. The molecular weight excluding hydrogens is 218 g/mol. The summed E-state index contributed by atoms with van der Waals surface area (Å²) in [5.41, 5.74) is 0. The van der Waals surface area contributed by atoms with Crippen molar-refractivity contribution < 1.29 is 14.6 Å². The van der Waals surface area contributed by atoms with Crippen molar-refractivity contribution >= 4 is 5.97 Å². The van der Waals surface area contributed by atoms with Crippen molar-refractivity contribution in [1.82, 2.24) is 4.90 Å². The Morgan fingerprint density at radius 3 is 2.53 bits per heavy atom. The molecule has 1 rings (SSSR count). The van der Waals surface area contributed by atoms with Crippen LogP contribution in [0, 0.1) is 5.92 Å². The minimum Gasteiger partial charge on any atom is -0.469 e. The van der Waals surface area contributed by atoms with Gasteiger partial charge in [-0.25, -0.2) is 0 Å². The van der Waals surface area contributed by atoms with E-state index in [9.17, 15) is 4.79 Å². The second-order valence-corrected chi connectivity index (χ2v) is 5.02. The van der Waals surface area contributed by atoms with Gasteiger partial charge < -0.3 is 14.7 Å². The van der Waals surface area contributed by atoms with Gasteiger partial charge in [-0.05, 0) is 51.6 Å². The van der Waals surface area contributed by atoms with E-state index < -0.39 is 0 Å². The minimum atomic E-state index is -0.123. The van der Waals surface area contributed by atoms with Gasteiger partial charge in [-0.1, -0.05) is 0 Å². The van der Waals surface area contributed by atoms with Crippen molar-refractivity contribution in [2.45, 2.75) is 44.6 Å². The Balaban J connectivity index is 2.15. The molecule has 0 aromatic heterocycles. The highest BCUT2D eigenvalue weighted by Crippen LogP contribution is 2.26. The van der Waals surface area contributed by atoms with Gasteiger partial charge in [0.05, 0.1) is 7.11 Å². The summed E-state index contributed by atoms with van der Waals surface area (Å²) in [5.74, 6) is 0.386. The number of carbonyl (C=O) groups is 1. The monoisotopic (exact) mass is 243 g/mol. The largest absolute Gasteiger partial charge is 0.469 e. The molecule has 0 aromatic carbocycles. The number of esters is 1. The molecule has 0 spiro atoms. The van der Waals surface area contributed by atoms with Crippen LogP contribution in [-0.2, 0) is 9.53 Å². The number of nitrogens with zero attached hydrogens (tertiary/aromatic N) is 1. The summed E-state index contributed by atoms with van der Waals surface area (Å²) in [4.78, 5) is 13.3. The van der Waals surface area contributed by atoms with Gasteiger partial charge in [-0.15, -0.1) is 0 Å². The molecule has 0 atom stereocenters. The van der Waals surface area contributed by atoms with E-state index in [1.807, 2.05) is 0 Å². The standard InChI is InChI=1S/C13H25NO3/c1-14(9-3-4-13(16)17-2)12-7-5-11(10-15)6-8-12/h11-12,15H,3-10H2,1-2H3. The van der Waals surface area contributed by atoms with Crippen molar-refractivity contribution in [3.05, 3.63) is 0 Å². The molecule has 1 aliphatic carbocycles. The van der Waals surface area contributed by atoms with Crippen LogP contribution in [0.2, 0.25) is 0 Å². The summed E-state index contributed by atoms with van der Waals surface area (Å²) >= 11 is 0. The fraction of sp³-hybridized carbons (Fsp3) is 0.923. The second-order valence-electron chi connectivity index (χ2n) is 5.02. The Bertz CT molecular complexity index is 225. The van der Waals surface area contributed by atoms with Gasteiger partial charge >= 0.3 is 5.97 Å². The van der Waals surface area contributed by atoms with Crippen molar-refractivity contribution in [2.75, 3.05) is 27.3 Å². The predicted octanol–water partition coefficient (Wildman–Crippen LogP) is 1.42. The molecule has 1 N–H and O–H groups in total. The van der Waals surface area contributed by atoms with Crippen molar-refractivity contribution in [1.29, 1.82) is 0 Å². The van der Waals surface area contributed by atoms with Gasteiger partial charge in [0.2, 0.25) is 0 Å². The van der Waals surface area contributed by atoms with Crippen molar-refractivity contribution in [3.63, 3.8) is 0 Å². The maximum Gasteiger partial charge on any atom is 0.305 e. The molecule has 0 bridgehead atoms. The Morgan fingerprint density at radius 2 is 2.00 bits per heavy atom. The van der Waals surface area contributed by atoms with Crippen molar-refractivity contribution in [2.24, 2.45) is 5.92 Å². The molecule has 4 heteroatoms. The summed E-state index contributed by atoms with van der Waals surface area (Å²) in [6.45, 7) is 1.28. The molecule has 0 heterocycles. The average molecular weight is 243 g/mol. The fourth-order valence-electron chi connectivity index (χ4n) is 2.53. The van der Waals surface area contributed by atoms with Crippen LogP contribution in [0.25, 0.3) is 0 Å². The quantitative estimate of drug-likeness (QED) is 0.717. The lowest BCUT2D eigenvalue weighted by atomic mass is 9.86. The van der Waals surface area contributed by atoms with E-state index in [1.54, 1.807) is 0 Å². The smallest absolute Gasteiger partial charge is 0.305 e. The van der Waals surface area contributed by atoms with Crippen molar-refractivity contribution in [3.8, 4) is 0 Å². The second kappa shape index (κ2) is 7.67. The van der Waals surface area contributed by atoms with Crippen LogP contribution in [0.1, 0.15) is 38.5 Å². The number of methoxy groups -OCH3 is 1. The first-order chi connectivity index (χ1) is 8.17. The fourth-order valence-corrected chi connectivity index (χ4v) is 2.53. The Labute approximate surface area is 104 Å². The summed E-state index contributed by atoms with van der Waals surface area (Å²) in [5, 5.41) is 9.08. The first-order valence-electron chi connectivity index (χ1n) is 6.55. The molecule has 0 aliphatic heterocycles. The summed E-state index contributed by atoms with van der Waals surface area (Å²) in [6.07, 6.45) is 5.96. The number of aliphatic hydroxyl groups excluding tert-OH is 1. The van der Waals surface area contributed by atoms with Crippen LogP contribution < -0.4 is 0 Å². The third-order valence-electron chi connectivity index (χ3n) is 3.82. The van der Waals surface area contributed by atoms with Gasteiger partial charge in [0.1, 0.15) is 0 Å². The first-order valence-corrected chi connectivity index (χ1v) is 6.55. The molecule has 0 aromatic rings. The summed E-state index contributed by atoms with van der Waals surface area (Å²) < 4.78 is 4.62. The lowest BCUT2D eigenvalue weighted by Gasteiger charge is -2.34. The Kier molecular flexibility index (Phi) is 6.52. The third-order valence-corrected chi connectivity index (χ3v) is 3.82. The zero-order valence-corrected chi connectivity index (χ0v) is 11.0. The average Bonchev–Trinajstić information content (AvgIpc) is 2.38. The van der Waals surface area contributed by atoms with Crippen LogP contribution in [0.5, 0.6) is 0 Å². The number of rotatable bonds is 6. The predicted molar refractivity (Wildman–Crippen MR) is 66.7 cm³/mol. The summed E-state index contributed by atoms with van der Waals surface area (Å²) in [7, 11) is 3.56. The van der Waals surface area contributed by atoms with E-state index in [0.717, 1.165) is 25.8 Å². The molecule has 1 aliphatic rings. The molecule has 0 unspecified atom stereocenters. The van der Waals surface area contributed by atoms with Gasteiger partial charge in [0.15, 0.2) is 0 Å². The van der Waals surface area contributed by atoms with Gasteiger partial charge in [0, 0.05) is 19.1 Å². The van der Waals surface area contributed by atoms with E-state index >= 15 is 0 Å². The molecule has 0 amide bonds. The van der Waals surface area contributed by atoms with Crippen LogP contribution in [-0.4, -0.2) is 49.3 Å². The highest BCUT2D eigenvalue weighted by atomic mass is 16.5. The molecule has 1 saturated carbocycles. The highest BCUT2D eigenvalue weighted by molar-refractivity contribution is 5.69. The van der Waals surface area contributed by atoms with E-state index in [-0.39, 0.29) is 5.97 Å². The number of ether oxygens (including phenoxy) is 1. The number of carbonyl (C=O) groups excluding carboxylic acids is 1. The molecule has 100 valence electrons. The van der Waals surface area contributed by atoms with Crippen LogP contribution in [0.3, 0.4) is 0 Å². The van der Waals surface area contributed by atoms with Gasteiger partial charge in [-0.3, -0.25) is 4.79 Å². The lowest BCUT2D eigenvalue weighted by molar-refractivity contribution is -0.140. The van der Waals surface area contributed by atoms with E-state index in [2.05, 4.69) is 16.7 Å². The highest BCUT2D eigenvalue weighted by Gasteiger charge is 2.23. The normalized spacial score (nSPS) is 24.9. The van der Waals surface area contributed by atoms with Gasteiger partial charge in [-0.2, -0.15) is 0 Å².